The molecule has 47 heavy (non-hydrogen) atoms. The van der Waals surface area contributed by atoms with Crippen LogP contribution in [-0.2, 0) is 26.6 Å². The van der Waals surface area contributed by atoms with Crippen molar-refractivity contribution in [2.75, 3.05) is 13.2 Å². The minimum atomic E-state index is 0.0304. The number of amides is 1. The number of aromatic amines is 1. The van der Waals surface area contributed by atoms with Gasteiger partial charge in [0.1, 0.15) is 11.4 Å². The first-order valence-electron chi connectivity index (χ1n) is 15.9. The number of ether oxygens (including phenoxy) is 1. The van der Waals surface area contributed by atoms with E-state index in [1.165, 1.54) is 0 Å². The summed E-state index contributed by atoms with van der Waals surface area (Å²) in [7, 11) is 1.98. The van der Waals surface area contributed by atoms with E-state index < -0.39 is 0 Å². The van der Waals surface area contributed by atoms with Gasteiger partial charge in [-0.05, 0) is 86.2 Å². The summed E-state index contributed by atoms with van der Waals surface area (Å²) in [4.78, 5) is 16.4. The average molecular weight is 649 g/mol. The maximum Gasteiger partial charge on any atom is 0.271 e. The van der Waals surface area contributed by atoms with Crippen molar-refractivity contribution in [2.24, 2.45) is 7.05 Å². The molecule has 0 unspecified atom stereocenters. The van der Waals surface area contributed by atoms with Gasteiger partial charge in [0.05, 0.1) is 17.8 Å². The van der Waals surface area contributed by atoms with Crippen LogP contribution >= 0.6 is 11.6 Å². The molecular formula is C36H37ClN8O2. The lowest BCUT2D eigenvalue weighted by atomic mass is 9.98. The first-order chi connectivity index (χ1) is 22.7. The van der Waals surface area contributed by atoms with Gasteiger partial charge in [-0.25, -0.2) is 0 Å². The van der Waals surface area contributed by atoms with Crippen LogP contribution in [0.3, 0.4) is 0 Å². The molecule has 0 saturated carbocycles. The van der Waals surface area contributed by atoms with Crippen molar-refractivity contribution in [3.8, 4) is 28.3 Å². The fraction of sp³-hybridized carbons (Fsp3) is 0.306. The predicted octanol–water partition coefficient (Wildman–Crippen LogP) is 6.78. The number of nitrogens with zero attached hydrogens (tertiary/aromatic N) is 7. The highest BCUT2D eigenvalue weighted by Crippen LogP contribution is 2.39. The maximum absolute atomic E-state index is 14.5. The van der Waals surface area contributed by atoms with Crippen LogP contribution in [0.4, 0.5) is 0 Å². The quantitative estimate of drug-likeness (QED) is 0.173. The molecule has 1 aliphatic heterocycles. The number of carbonyl (C=O) groups is 1. The Kier molecular flexibility index (Phi) is 8.05. The van der Waals surface area contributed by atoms with Gasteiger partial charge >= 0.3 is 0 Å². The van der Waals surface area contributed by atoms with Crippen LogP contribution in [0.1, 0.15) is 50.6 Å². The number of H-pyrrole nitrogens is 1. The molecule has 10 nitrogen and oxygen atoms in total. The van der Waals surface area contributed by atoms with E-state index in [4.69, 9.17) is 21.4 Å². The zero-order valence-electron chi connectivity index (χ0n) is 27.3. The van der Waals surface area contributed by atoms with Gasteiger partial charge in [-0.1, -0.05) is 48.0 Å². The van der Waals surface area contributed by atoms with Gasteiger partial charge in [0.25, 0.3) is 5.91 Å². The van der Waals surface area contributed by atoms with Crippen molar-refractivity contribution in [3.63, 3.8) is 0 Å². The monoisotopic (exact) mass is 648 g/mol. The molecule has 1 N–H and O–H groups in total. The van der Waals surface area contributed by atoms with Crippen molar-refractivity contribution in [1.29, 1.82) is 0 Å². The number of para-hydroxylation sites is 1. The third kappa shape index (κ3) is 5.56. The Morgan fingerprint density at radius 2 is 1.79 bits per heavy atom. The summed E-state index contributed by atoms with van der Waals surface area (Å²) in [5.41, 5.74) is 11.1. The molecule has 0 bridgehead atoms. The van der Waals surface area contributed by atoms with Gasteiger partial charge in [0, 0.05) is 59.5 Å². The number of nitrogens with one attached hydrogen (secondary N) is 1. The van der Waals surface area contributed by atoms with E-state index in [1.807, 2.05) is 66.9 Å². The number of carbonyl (C=O) groups excluding carboxylic acids is 1. The van der Waals surface area contributed by atoms with E-state index in [2.05, 4.69) is 57.2 Å². The maximum atomic E-state index is 14.5. The van der Waals surface area contributed by atoms with Gasteiger partial charge in [-0.3, -0.25) is 9.48 Å². The van der Waals surface area contributed by atoms with E-state index >= 15 is 0 Å². The Labute approximate surface area is 278 Å². The lowest BCUT2D eigenvalue weighted by Crippen LogP contribution is -2.40. The molecule has 240 valence electrons. The second-order valence-corrected chi connectivity index (χ2v) is 12.7. The number of aryl methyl sites for hydroxylation is 5. The van der Waals surface area contributed by atoms with E-state index in [0.717, 1.165) is 84.1 Å². The molecule has 11 heteroatoms. The second kappa shape index (κ2) is 12.3. The fourth-order valence-electron chi connectivity index (χ4n) is 6.93. The molecule has 0 spiro atoms. The number of tetrazole rings is 1. The third-order valence-electron chi connectivity index (χ3n) is 9.20. The molecule has 0 saturated heterocycles. The SMILES string of the molecule is Cc1cc(OCCCc2c3n(c4c(-c5c(C)nn(C)c5C)cccc24)CCN(Cc2cccc(-c4nn[nH]n4)c2)C3=O)cc(C)c1Cl. The van der Waals surface area contributed by atoms with E-state index in [0.29, 0.717) is 38.5 Å². The molecule has 4 heterocycles. The van der Waals surface area contributed by atoms with Gasteiger partial charge in [-0.2, -0.15) is 10.3 Å². The van der Waals surface area contributed by atoms with Crippen molar-refractivity contribution < 1.29 is 9.53 Å². The molecule has 6 aromatic rings. The number of rotatable bonds is 9. The zero-order valence-corrected chi connectivity index (χ0v) is 28.0. The Morgan fingerprint density at radius 1 is 1.00 bits per heavy atom. The van der Waals surface area contributed by atoms with Gasteiger partial charge in [0.2, 0.25) is 5.82 Å². The first kappa shape index (κ1) is 30.7. The number of fused-ring (bicyclic) bond motifs is 3. The number of benzene rings is 3. The van der Waals surface area contributed by atoms with Crippen LogP contribution in [0.5, 0.6) is 5.75 Å². The van der Waals surface area contributed by atoms with Crippen LogP contribution in [0.25, 0.3) is 33.4 Å². The molecule has 0 aliphatic carbocycles. The molecule has 0 radical (unpaired) electrons. The standard InChI is InChI=1S/C36H37ClN8O2/c1-21-17-27(18-22(2)32(21)37)47-16-8-13-29-28-11-7-12-30(31-23(3)40-43(5)24(31)4)33(28)45-15-14-44(36(46)34(29)45)20-25-9-6-10-26(19-25)35-38-41-42-39-35/h6-7,9-12,17-19H,8,13-16,20H2,1-5H3,(H,38,39,41,42). The minimum Gasteiger partial charge on any atom is -0.494 e. The van der Waals surface area contributed by atoms with E-state index in [-0.39, 0.29) is 5.91 Å². The van der Waals surface area contributed by atoms with Gasteiger partial charge < -0.3 is 14.2 Å². The highest BCUT2D eigenvalue weighted by Gasteiger charge is 2.32. The summed E-state index contributed by atoms with van der Waals surface area (Å²) in [5, 5.41) is 21.0. The summed E-state index contributed by atoms with van der Waals surface area (Å²) < 4.78 is 10.4. The summed E-state index contributed by atoms with van der Waals surface area (Å²) in [5.74, 6) is 1.37. The lowest BCUT2D eigenvalue weighted by Gasteiger charge is -2.30. The third-order valence-corrected chi connectivity index (χ3v) is 9.80. The summed E-state index contributed by atoms with van der Waals surface area (Å²) in [6.45, 7) is 10.4. The number of halogens is 1. The smallest absolute Gasteiger partial charge is 0.271 e. The van der Waals surface area contributed by atoms with Crippen molar-refractivity contribution in [1.82, 2.24) is 39.9 Å². The number of aromatic nitrogens is 7. The Bertz CT molecular complexity index is 2110. The molecule has 3 aromatic heterocycles. The molecule has 0 atom stereocenters. The van der Waals surface area contributed by atoms with Gasteiger partial charge in [0.15, 0.2) is 0 Å². The fourth-order valence-corrected chi connectivity index (χ4v) is 7.04. The average Bonchev–Trinajstić information content (AvgIpc) is 3.77. The van der Waals surface area contributed by atoms with Crippen LogP contribution in [0.2, 0.25) is 5.02 Å². The first-order valence-corrected chi connectivity index (χ1v) is 16.2. The number of hydrogen-bond acceptors (Lipinski definition) is 6. The highest BCUT2D eigenvalue weighted by molar-refractivity contribution is 6.32. The summed E-state index contributed by atoms with van der Waals surface area (Å²) in [6.07, 6.45) is 1.45. The molecular weight excluding hydrogens is 612 g/mol. The minimum absolute atomic E-state index is 0.0304. The van der Waals surface area contributed by atoms with Crippen molar-refractivity contribution in [2.45, 2.75) is 53.6 Å². The summed E-state index contributed by atoms with van der Waals surface area (Å²) in [6, 6.07) is 18.3. The molecule has 3 aromatic carbocycles. The van der Waals surface area contributed by atoms with E-state index in [9.17, 15) is 4.79 Å². The van der Waals surface area contributed by atoms with Crippen LogP contribution in [0, 0.1) is 27.7 Å². The Morgan fingerprint density at radius 3 is 2.51 bits per heavy atom. The van der Waals surface area contributed by atoms with Crippen LogP contribution in [0.15, 0.2) is 54.6 Å². The largest absolute Gasteiger partial charge is 0.494 e. The van der Waals surface area contributed by atoms with E-state index in [1.54, 1.807) is 0 Å². The van der Waals surface area contributed by atoms with Gasteiger partial charge in [-0.15, -0.1) is 10.2 Å². The molecule has 1 aliphatic rings. The predicted molar refractivity (Wildman–Crippen MR) is 183 cm³/mol. The Balaban J connectivity index is 1.24. The van der Waals surface area contributed by atoms with Crippen molar-refractivity contribution >= 4 is 28.4 Å². The highest BCUT2D eigenvalue weighted by atomic mass is 35.5. The normalized spacial score (nSPS) is 13.1. The molecule has 7 rings (SSSR count). The molecule has 0 fully saturated rings. The molecule has 1 amide bonds. The summed E-state index contributed by atoms with van der Waals surface area (Å²) >= 11 is 6.38. The topological polar surface area (TPSA) is 107 Å². The number of hydrogen-bond donors (Lipinski definition) is 1. The van der Waals surface area contributed by atoms with Crippen LogP contribution in [-0.4, -0.2) is 58.9 Å². The zero-order chi connectivity index (χ0) is 32.8. The second-order valence-electron chi connectivity index (χ2n) is 12.3. The lowest BCUT2D eigenvalue weighted by molar-refractivity contribution is 0.0691. The Hall–Kier alpha value is -4.96. The van der Waals surface area contributed by atoms with Crippen LogP contribution < -0.4 is 4.74 Å². The van der Waals surface area contributed by atoms with Crippen molar-refractivity contribution in [3.05, 3.63) is 99.0 Å².